The topological polar surface area (TPSA) is 40.6 Å². The van der Waals surface area contributed by atoms with Gasteiger partial charge in [0.15, 0.2) is 0 Å². The molecule has 3 amide bonds. The molecule has 2 fully saturated rings. The first-order valence-corrected chi connectivity index (χ1v) is 6.87. The lowest BCUT2D eigenvalue weighted by Gasteiger charge is -2.42. The van der Waals surface area contributed by atoms with Crippen LogP contribution in [0.5, 0.6) is 0 Å². The van der Waals surface area contributed by atoms with Crippen molar-refractivity contribution in [1.29, 1.82) is 0 Å². The molecule has 1 saturated carbocycles. The van der Waals surface area contributed by atoms with Crippen LogP contribution in [0.15, 0.2) is 24.3 Å². The van der Waals surface area contributed by atoms with Crippen LogP contribution in [0.2, 0.25) is 0 Å². The number of carbonyl (C=O) groups excluding carboxylic acids is 2. The average Bonchev–Trinajstić information content (AvgIpc) is 2.33. The first-order valence-electron chi connectivity index (χ1n) is 6.87. The van der Waals surface area contributed by atoms with Gasteiger partial charge in [-0.25, -0.2) is 4.79 Å². The Kier molecular flexibility index (Phi) is 3.01. The van der Waals surface area contributed by atoms with Crippen LogP contribution < -0.4 is 4.90 Å². The molecule has 0 N–H and O–H groups in total. The van der Waals surface area contributed by atoms with Gasteiger partial charge in [-0.1, -0.05) is 18.2 Å². The van der Waals surface area contributed by atoms with Crippen LogP contribution in [0.3, 0.4) is 0 Å². The summed E-state index contributed by atoms with van der Waals surface area (Å²) >= 11 is 0. The maximum atomic E-state index is 12.6. The van der Waals surface area contributed by atoms with Crippen LogP contribution in [0.1, 0.15) is 31.2 Å². The van der Waals surface area contributed by atoms with Crippen LogP contribution in [0, 0.1) is 6.92 Å². The Morgan fingerprint density at radius 1 is 1.16 bits per heavy atom. The number of rotatable bonds is 2. The molecule has 1 aliphatic heterocycles. The lowest BCUT2D eigenvalue weighted by molar-refractivity contribution is -0.132. The van der Waals surface area contributed by atoms with Gasteiger partial charge < -0.3 is 0 Å². The molecule has 2 aliphatic rings. The molecule has 1 aliphatic carbocycles. The van der Waals surface area contributed by atoms with Gasteiger partial charge in [-0.15, -0.1) is 0 Å². The maximum Gasteiger partial charge on any atom is 0.331 e. The van der Waals surface area contributed by atoms with Crippen molar-refractivity contribution in [3.8, 4) is 0 Å². The number of para-hydroxylation sites is 1. The molecular weight excluding hydrogens is 240 g/mol. The summed E-state index contributed by atoms with van der Waals surface area (Å²) in [6, 6.07) is 7.82. The van der Waals surface area contributed by atoms with Gasteiger partial charge in [0, 0.05) is 24.7 Å². The summed E-state index contributed by atoms with van der Waals surface area (Å²) in [5.41, 5.74) is 1.99. The van der Waals surface area contributed by atoms with E-state index in [1.807, 2.05) is 31.2 Å². The zero-order valence-corrected chi connectivity index (χ0v) is 11.1. The Balaban J connectivity index is 1.89. The molecule has 1 saturated heterocycles. The zero-order chi connectivity index (χ0) is 13.4. The van der Waals surface area contributed by atoms with E-state index in [0.717, 1.165) is 30.5 Å². The molecule has 0 spiro atoms. The SMILES string of the molecule is Cc1ccccc1N1CCC(=O)N(C2CCC2)C1=O. The van der Waals surface area contributed by atoms with Crippen LogP contribution in [-0.4, -0.2) is 29.4 Å². The smallest absolute Gasteiger partial charge is 0.293 e. The van der Waals surface area contributed by atoms with E-state index in [9.17, 15) is 9.59 Å². The van der Waals surface area contributed by atoms with E-state index in [2.05, 4.69) is 0 Å². The van der Waals surface area contributed by atoms with Gasteiger partial charge in [0.1, 0.15) is 0 Å². The van der Waals surface area contributed by atoms with Gasteiger partial charge >= 0.3 is 6.03 Å². The quantitative estimate of drug-likeness (QED) is 0.818. The lowest BCUT2D eigenvalue weighted by Crippen LogP contribution is -2.58. The van der Waals surface area contributed by atoms with E-state index in [-0.39, 0.29) is 18.0 Å². The van der Waals surface area contributed by atoms with E-state index in [4.69, 9.17) is 0 Å². The van der Waals surface area contributed by atoms with Crippen molar-refractivity contribution in [2.45, 2.75) is 38.6 Å². The van der Waals surface area contributed by atoms with E-state index in [0.29, 0.717) is 13.0 Å². The van der Waals surface area contributed by atoms with Crippen molar-refractivity contribution in [1.82, 2.24) is 4.90 Å². The van der Waals surface area contributed by atoms with Gasteiger partial charge in [-0.05, 0) is 37.8 Å². The Morgan fingerprint density at radius 3 is 2.53 bits per heavy atom. The third-order valence-corrected chi connectivity index (χ3v) is 4.10. The monoisotopic (exact) mass is 258 g/mol. The highest BCUT2D eigenvalue weighted by molar-refractivity contribution is 6.06. The van der Waals surface area contributed by atoms with E-state index >= 15 is 0 Å². The highest BCUT2D eigenvalue weighted by atomic mass is 16.2. The molecule has 0 radical (unpaired) electrons. The largest absolute Gasteiger partial charge is 0.331 e. The number of amides is 3. The molecule has 1 aromatic carbocycles. The summed E-state index contributed by atoms with van der Waals surface area (Å²) < 4.78 is 0. The molecule has 0 atom stereocenters. The number of hydrogen-bond donors (Lipinski definition) is 0. The molecule has 4 heteroatoms. The minimum Gasteiger partial charge on any atom is -0.293 e. The summed E-state index contributed by atoms with van der Waals surface area (Å²) in [6.45, 7) is 2.48. The molecular formula is C15H18N2O2. The Hall–Kier alpha value is -1.84. The molecule has 3 rings (SSSR count). The van der Waals surface area contributed by atoms with Crippen LogP contribution in [0.4, 0.5) is 10.5 Å². The van der Waals surface area contributed by atoms with Crippen molar-refractivity contribution >= 4 is 17.6 Å². The van der Waals surface area contributed by atoms with Crippen LogP contribution in [-0.2, 0) is 4.79 Å². The number of imide groups is 1. The van der Waals surface area contributed by atoms with E-state index in [1.165, 1.54) is 4.90 Å². The fourth-order valence-electron chi connectivity index (χ4n) is 2.75. The molecule has 100 valence electrons. The summed E-state index contributed by atoms with van der Waals surface area (Å²) in [5.74, 6) is -0.0143. The Morgan fingerprint density at radius 2 is 1.89 bits per heavy atom. The molecule has 4 nitrogen and oxygen atoms in total. The molecule has 0 bridgehead atoms. The molecule has 19 heavy (non-hydrogen) atoms. The van der Waals surface area contributed by atoms with Crippen molar-refractivity contribution < 1.29 is 9.59 Å². The Bertz CT molecular complexity index is 523. The summed E-state index contributed by atoms with van der Waals surface area (Å²) in [5, 5.41) is 0. The van der Waals surface area contributed by atoms with E-state index in [1.54, 1.807) is 4.90 Å². The molecule has 1 heterocycles. The summed E-state index contributed by atoms with van der Waals surface area (Å²) in [7, 11) is 0. The first-order chi connectivity index (χ1) is 9.18. The third kappa shape index (κ3) is 2.01. The number of hydrogen-bond acceptors (Lipinski definition) is 2. The number of carbonyl (C=O) groups is 2. The standard InChI is InChI=1S/C15H18N2O2/c1-11-5-2-3-8-13(11)16-10-9-14(18)17(15(16)19)12-6-4-7-12/h2-3,5,8,12H,4,6-7,9-10H2,1H3. The first kappa shape index (κ1) is 12.2. The highest BCUT2D eigenvalue weighted by Crippen LogP contribution is 2.31. The summed E-state index contributed by atoms with van der Waals surface area (Å²) in [6.07, 6.45) is 3.46. The second kappa shape index (κ2) is 4.68. The second-order valence-corrected chi connectivity index (χ2v) is 5.32. The van der Waals surface area contributed by atoms with Gasteiger partial charge in [0.2, 0.25) is 5.91 Å². The number of anilines is 1. The van der Waals surface area contributed by atoms with E-state index < -0.39 is 0 Å². The fourth-order valence-corrected chi connectivity index (χ4v) is 2.75. The van der Waals surface area contributed by atoms with Crippen molar-refractivity contribution in [2.75, 3.05) is 11.4 Å². The average molecular weight is 258 g/mol. The second-order valence-electron chi connectivity index (χ2n) is 5.32. The van der Waals surface area contributed by atoms with Crippen molar-refractivity contribution in [2.24, 2.45) is 0 Å². The van der Waals surface area contributed by atoms with Crippen molar-refractivity contribution in [3.63, 3.8) is 0 Å². The number of benzene rings is 1. The predicted octanol–water partition coefficient (Wildman–Crippen LogP) is 2.71. The van der Waals surface area contributed by atoms with Crippen molar-refractivity contribution in [3.05, 3.63) is 29.8 Å². The molecule has 0 aromatic heterocycles. The van der Waals surface area contributed by atoms with Gasteiger partial charge in [-0.2, -0.15) is 0 Å². The number of nitrogens with zero attached hydrogens (tertiary/aromatic N) is 2. The normalized spacial score (nSPS) is 20.7. The van der Waals surface area contributed by atoms with Gasteiger partial charge in [-0.3, -0.25) is 14.6 Å². The molecule has 0 unspecified atom stereocenters. The Labute approximate surface area is 113 Å². The highest BCUT2D eigenvalue weighted by Gasteiger charge is 2.39. The van der Waals surface area contributed by atoms with Gasteiger partial charge in [0.25, 0.3) is 0 Å². The third-order valence-electron chi connectivity index (χ3n) is 4.10. The zero-order valence-electron chi connectivity index (χ0n) is 11.1. The maximum absolute atomic E-state index is 12.6. The predicted molar refractivity (Wildman–Crippen MR) is 73.0 cm³/mol. The summed E-state index contributed by atoms with van der Waals surface area (Å²) in [4.78, 5) is 27.8. The lowest BCUT2D eigenvalue weighted by atomic mass is 9.91. The number of urea groups is 1. The molecule has 1 aromatic rings. The van der Waals surface area contributed by atoms with Gasteiger partial charge in [0.05, 0.1) is 0 Å². The fraction of sp³-hybridized carbons (Fsp3) is 0.467. The number of aryl methyl sites for hydroxylation is 1. The minimum atomic E-state index is -0.143. The van der Waals surface area contributed by atoms with Crippen LogP contribution >= 0.6 is 0 Å². The minimum absolute atomic E-state index is 0.0143. The van der Waals surface area contributed by atoms with Crippen LogP contribution in [0.25, 0.3) is 0 Å².